The van der Waals surface area contributed by atoms with Crippen molar-refractivity contribution in [1.82, 2.24) is 0 Å². The summed E-state index contributed by atoms with van der Waals surface area (Å²) in [5, 5.41) is 1.33. The number of rotatable bonds is 5. The zero-order chi connectivity index (χ0) is 17.8. The van der Waals surface area contributed by atoms with Gasteiger partial charge in [-0.05, 0) is 40.3 Å². The van der Waals surface area contributed by atoms with Gasteiger partial charge < -0.3 is 4.74 Å². The molecule has 0 radical (unpaired) electrons. The van der Waals surface area contributed by atoms with Gasteiger partial charge in [0.05, 0.1) is 7.11 Å². The molecule has 0 saturated carbocycles. The summed E-state index contributed by atoms with van der Waals surface area (Å²) in [6.45, 7) is 0. The van der Waals surface area contributed by atoms with Gasteiger partial charge in [0.15, 0.2) is 0 Å². The number of hydrogen-bond donors (Lipinski definition) is 0. The van der Waals surface area contributed by atoms with Crippen LogP contribution in [-0.4, -0.2) is 7.11 Å². The molecule has 0 atom stereocenters. The monoisotopic (exact) mass is 356 g/mol. The molecule has 0 spiro atoms. The largest absolute Gasteiger partial charge is 0.497 e. The van der Waals surface area contributed by atoms with Crippen LogP contribution in [0.4, 0.5) is 0 Å². The average Bonchev–Trinajstić information content (AvgIpc) is 3.04. The highest BCUT2D eigenvalue weighted by molar-refractivity contribution is 7.19. The molecule has 128 valence electrons. The molecule has 4 aromatic rings. The predicted octanol–water partition coefficient (Wildman–Crippen LogP) is 6.67. The first-order valence-corrected chi connectivity index (χ1v) is 9.51. The molecule has 0 amide bonds. The number of benzene rings is 3. The van der Waals surface area contributed by atoms with Crippen LogP contribution in [0.15, 0.2) is 78.9 Å². The predicted molar refractivity (Wildman–Crippen MR) is 113 cm³/mol. The second-order valence-corrected chi connectivity index (χ2v) is 7.34. The van der Waals surface area contributed by atoms with E-state index in [9.17, 15) is 0 Å². The van der Waals surface area contributed by atoms with E-state index in [1.54, 1.807) is 7.11 Å². The lowest BCUT2D eigenvalue weighted by molar-refractivity contribution is 0.415. The maximum Gasteiger partial charge on any atom is 0.118 e. The van der Waals surface area contributed by atoms with E-state index < -0.39 is 0 Å². The minimum absolute atomic E-state index is 0.882. The summed E-state index contributed by atoms with van der Waals surface area (Å²) in [4.78, 5) is 1.40. The molecule has 2 heteroatoms. The van der Waals surface area contributed by atoms with Crippen molar-refractivity contribution in [3.8, 4) is 5.75 Å². The Balaban J connectivity index is 1.72. The normalized spacial score (nSPS) is 11.3. The smallest absolute Gasteiger partial charge is 0.118 e. The van der Waals surface area contributed by atoms with Crippen LogP contribution in [0.5, 0.6) is 5.75 Å². The molecule has 4 rings (SSSR count). The lowest BCUT2D eigenvalue weighted by atomic mass is 10.0. The van der Waals surface area contributed by atoms with E-state index >= 15 is 0 Å². The molecule has 0 fully saturated rings. The van der Waals surface area contributed by atoms with Gasteiger partial charge in [-0.1, -0.05) is 72.8 Å². The molecular formula is C24H20OS. The fourth-order valence-electron chi connectivity index (χ4n) is 3.11. The Morgan fingerprint density at radius 2 is 1.54 bits per heavy atom. The highest BCUT2D eigenvalue weighted by atomic mass is 32.1. The van der Waals surface area contributed by atoms with Crippen LogP contribution < -0.4 is 4.74 Å². The SMILES string of the molecule is COc1ccc(/C=C\c2c(Cc3ccccc3)sc3ccccc23)cc1. The van der Waals surface area contributed by atoms with E-state index in [0.29, 0.717) is 0 Å². The van der Waals surface area contributed by atoms with Crippen LogP contribution in [0.1, 0.15) is 21.6 Å². The van der Waals surface area contributed by atoms with E-state index in [0.717, 1.165) is 12.2 Å². The maximum atomic E-state index is 5.24. The summed E-state index contributed by atoms with van der Waals surface area (Å²) >= 11 is 1.89. The van der Waals surface area contributed by atoms with Crippen LogP contribution in [0, 0.1) is 0 Å². The van der Waals surface area contributed by atoms with Crippen molar-refractivity contribution in [3.63, 3.8) is 0 Å². The fraction of sp³-hybridized carbons (Fsp3) is 0.0833. The highest BCUT2D eigenvalue weighted by Gasteiger charge is 2.10. The van der Waals surface area contributed by atoms with Crippen molar-refractivity contribution in [2.75, 3.05) is 7.11 Å². The van der Waals surface area contributed by atoms with E-state index in [2.05, 4.69) is 78.9 Å². The Bertz CT molecular complexity index is 1030. The van der Waals surface area contributed by atoms with Gasteiger partial charge in [0.2, 0.25) is 0 Å². The lowest BCUT2D eigenvalue weighted by Crippen LogP contribution is -1.86. The Hall–Kier alpha value is -2.84. The molecule has 0 N–H and O–H groups in total. The Morgan fingerprint density at radius 3 is 2.31 bits per heavy atom. The van der Waals surface area contributed by atoms with Crippen molar-refractivity contribution in [2.45, 2.75) is 6.42 Å². The topological polar surface area (TPSA) is 9.23 Å². The minimum atomic E-state index is 0.882. The summed E-state index contributed by atoms with van der Waals surface area (Å²) in [6.07, 6.45) is 5.39. The van der Waals surface area contributed by atoms with Crippen molar-refractivity contribution in [3.05, 3.63) is 100 Å². The summed E-state index contributed by atoms with van der Waals surface area (Å²) in [6, 6.07) is 27.5. The van der Waals surface area contributed by atoms with Gasteiger partial charge in [0.25, 0.3) is 0 Å². The van der Waals surface area contributed by atoms with Gasteiger partial charge in [-0.2, -0.15) is 0 Å². The third kappa shape index (κ3) is 3.56. The number of thiophene rings is 1. The number of hydrogen-bond acceptors (Lipinski definition) is 2. The van der Waals surface area contributed by atoms with Crippen LogP contribution >= 0.6 is 11.3 Å². The fourth-order valence-corrected chi connectivity index (χ4v) is 4.33. The van der Waals surface area contributed by atoms with Crippen molar-refractivity contribution in [1.29, 1.82) is 0 Å². The number of methoxy groups -OCH3 is 1. The average molecular weight is 356 g/mol. The standard InChI is InChI=1S/C24H20OS/c1-25-20-14-11-18(12-15-20)13-16-22-21-9-5-6-10-23(21)26-24(22)17-19-7-3-2-4-8-19/h2-16H,17H2,1H3/b16-13-. The van der Waals surface area contributed by atoms with Gasteiger partial charge in [-0.25, -0.2) is 0 Å². The first-order valence-electron chi connectivity index (χ1n) is 8.70. The maximum absolute atomic E-state index is 5.24. The number of fused-ring (bicyclic) bond motifs is 1. The molecule has 0 saturated heterocycles. The molecule has 26 heavy (non-hydrogen) atoms. The van der Waals surface area contributed by atoms with Gasteiger partial charge in [0, 0.05) is 16.0 Å². The second kappa shape index (κ2) is 7.59. The van der Waals surface area contributed by atoms with Crippen LogP contribution in [-0.2, 0) is 6.42 Å². The zero-order valence-corrected chi connectivity index (χ0v) is 15.5. The van der Waals surface area contributed by atoms with Crippen LogP contribution in [0.25, 0.3) is 22.2 Å². The number of ether oxygens (including phenoxy) is 1. The molecule has 3 aromatic carbocycles. The quantitative estimate of drug-likeness (QED) is 0.388. The second-order valence-electron chi connectivity index (χ2n) is 6.20. The summed E-state index contributed by atoms with van der Waals surface area (Å²) in [7, 11) is 1.69. The van der Waals surface area contributed by atoms with Crippen molar-refractivity contribution in [2.24, 2.45) is 0 Å². The molecule has 1 nitrogen and oxygen atoms in total. The van der Waals surface area contributed by atoms with E-state index in [-0.39, 0.29) is 0 Å². The first-order chi connectivity index (χ1) is 12.8. The Kier molecular flexibility index (Phi) is 4.85. The van der Waals surface area contributed by atoms with Crippen molar-refractivity contribution >= 4 is 33.6 Å². The van der Waals surface area contributed by atoms with Gasteiger partial charge in [-0.15, -0.1) is 11.3 Å². The summed E-state index contributed by atoms with van der Waals surface area (Å²) < 4.78 is 6.58. The highest BCUT2D eigenvalue weighted by Crippen LogP contribution is 2.34. The third-order valence-electron chi connectivity index (χ3n) is 4.48. The Labute approximate surface area is 158 Å². The van der Waals surface area contributed by atoms with Gasteiger partial charge in [0.1, 0.15) is 5.75 Å². The molecule has 0 bridgehead atoms. The molecule has 0 aliphatic rings. The minimum Gasteiger partial charge on any atom is -0.497 e. The third-order valence-corrected chi connectivity index (χ3v) is 5.66. The summed E-state index contributed by atoms with van der Waals surface area (Å²) in [5.74, 6) is 0.882. The van der Waals surface area contributed by atoms with Crippen molar-refractivity contribution < 1.29 is 4.74 Å². The molecule has 1 heterocycles. The lowest BCUT2D eigenvalue weighted by Gasteiger charge is -2.02. The van der Waals surface area contributed by atoms with E-state index in [1.807, 2.05) is 23.5 Å². The zero-order valence-electron chi connectivity index (χ0n) is 14.7. The molecule has 0 aliphatic carbocycles. The molecule has 0 unspecified atom stereocenters. The first kappa shape index (κ1) is 16.6. The summed E-state index contributed by atoms with van der Waals surface area (Å²) in [5.41, 5.74) is 3.84. The van der Waals surface area contributed by atoms with Gasteiger partial charge in [-0.3, -0.25) is 0 Å². The molecular weight excluding hydrogens is 336 g/mol. The molecule has 1 aromatic heterocycles. The van der Waals surface area contributed by atoms with E-state index in [4.69, 9.17) is 4.74 Å². The van der Waals surface area contributed by atoms with Crippen LogP contribution in [0.2, 0.25) is 0 Å². The van der Waals surface area contributed by atoms with Gasteiger partial charge >= 0.3 is 0 Å². The van der Waals surface area contributed by atoms with E-state index in [1.165, 1.54) is 31.7 Å². The molecule has 0 aliphatic heterocycles. The van der Waals surface area contributed by atoms with Crippen LogP contribution in [0.3, 0.4) is 0 Å². The Morgan fingerprint density at radius 1 is 0.808 bits per heavy atom.